The summed E-state index contributed by atoms with van der Waals surface area (Å²) in [6.07, 6.45) is 2.75. The Bertz CT molecular complexity index is 216. The van der Waals surface area contributed by atoms with Gasteiger partial charge in [-0.2, -0.15) is 0 Å². The molecule has 1 aromatic rings. The minimum Gasteiger partial charge on any atom is -0.369 e. The number of nitrogens with two attached hydrogens (primary N) is 1. The molecule has 0 spiro atoms. The molecule has 1 heterocycles. The second-order valence-electron chi connectivity index (χ2n) is 2.85. The van der Waals surface area contributed by atoms with Crippen molar-refractivity contribution in [3.8, 4) is 0 Å². The molecule has 0 atom stereocenters. The molecule has 0 amide bonds. The molecule has 0 saturated carbocycles. The Morgan fingerprint density at radius 1 is 1.64 bits per heavy atom. The van der Waals surface area contributed by atoms with E-state index in [9.17, 15) is 0 Å². The lowest BCUT2D eigenvalue weighted by atomic mass is 10.3. The highest BCUT2D eigenvalue weighted by Crippen LogP contribution is 1.98. The normalized spacial score (nSPS) is 10.8. The van der Waals surface area contributed by atoms with Crippen molar-refractivity contribution in [1.29, 1.82) is 0 Å². The van der Waals surface area contributed by atoms with Gasteiger partial charge in [0, 0.05) is 18.7 Å². The molecule has 0 aliphatic heterocycles. The first-order valence-corrected chi connectivity index (χ1v) is 3.62. The van der Waals surface area contributed by atoms with Gasteiger partial charge < -0.3 is 15.6 Å². The van der Waals surface area contributed by atoms with Gasteiger partial charge in [0.05, 0.1) is 6.20 Å². The average Bonchev–Trinajstić information content (AvgIpc) is 2.31. The summed E-state index contributed by atoms with van der Waals surface area (Å²) in [4.78, 5) is 8.99. The minimum atomic E-state index is 0.499. The number of aromatic nitrogens is 2. The number of hydrogen-bond donors (Lipinski definition) is 2. The molecule has 4 heteroatoms. The first kappa shape index (κ1) is 8.07. The number of nitrogens with one attached hydrogen (secondary N) is 1. The van der Waals surface area contributed by atoms with Crippen LogP contribution in [0.15, 0.2) is 6.20 Å². The summed E-state index contributed by atoms with van der Waals surface area (Å²) in [7, 11) is 4.08. The summed E-state index contributed by atoms with van der Waals surface area (Å²) < 4.78 is 0. The summed E-state index contributed by atoms with van der Waals surface area (Å²) in [5, 5.41) is 0. The van der Waals surface area contributed by atoms with Gasteiger partial charge in [0.1, 0.15) is 0 Å². The third kappa shape index (κ3) is 2.59. The summed E-state index contributed by atoms with van der Waals surface area (Å²) >= 11 is 0. The minimum absolute atomic E-state index is 0.499. The Kier molecular flexibility index (Phi) is 2.48. The van der Waals surface area contributed by atoms with Crippen LogP contribution in [0.2, 0.25) is 0 Å². The molecule has 11 heavy (non-hydrogen) atoms. The number of anilines is 1. The summed E-state index contributed by atoms with van der Waals surface area (Å²) in [5.74, 6) is 0.499. The van der Waals surface area contributed by atoms with Crippen molar-refractivity contribution in [1.82, 2.24) is 14.9 Å². The fraction of sp³-hybridized carbons (Fsp3) is 0.571. The van der Waals surface area contributed by atoms with Crippen molar-refractivity contribution in [3.63, 3.8) is 0 Å². The molecule has 1 rings (SSSR count). The van der Waals surface area contributed by atoms with E-state index < -0.39 is 0 Å². The number of aromatic amines is 1. The maximum atomic E-state index is 5.40. The molecular formula is C7H14N4. The molecule has 1 aromatic heterocycles. The number of likely N-dealkylation sites (N-methyl/N-ethyl adjacent to an activating group) is 1. The van der Waals surface area contributed by atoms with E-state index in [1.807, 2.05) is 14.1 Å². The molecule has 62 valence electrons. The first-order chi connectivity index (χ1) is 5.18. The lowest BCUT2D eigenvalue weighted by Gasteiger charge is -2.06. The van der Waals surface area contributed by atoms with Crippen LogP contribution in [-0.4, -0.2) is 35.5 Å². The zero-order valence-corrected chi connectivity index (χ0v) is 6.96. The molecule has 0 aromatic carbocycles. The quantitative estimate of drug-likeness (QED) is 0.649. The fourth-order valence-electron chi connectivity index (χ4n) is 0.848. The first-order valence-electron chi connectivity index (χ1n) is 3.62. The van der Waals surface area contributed by atoms with Gasteiger partial charge >= 0.3 is 0 Å². The van der Waals surface area contributed by atoms with Gasteiger partial charge in [-0.3, -0.25) is 0 Å². The van der Waals surface area contributed by atoms with Crippen LogP contribution < -0.4 is 5.73 Å². The van der Waals surface area contributed by atoms with Crippen LogP contribution >= 0.6 is 0 Å². The van der Waals surface area contributed by atoms with Crippen LogP contribution in [-0.2, 0) is 6.42 Å². The number of nitrogen functional groups attached to an aromatic ring is 1. The second kappa shape index (κ2) is 3.39. The maximum absolute atomic E-state index is 5.40. The van der Waals surface area contributed by atoms with Crippen LogP contribution in [0.25, 0.3) is 0 Å². The van der Waals surface area contributed by atoms with Gasteiger partial charge in [-0.05, 0) is 14.1 Å². The van der Waals surface area contributed by atoms with Crippen molar-refractivity contribution in [3.05, 3.63) is 11.9 Å². The van der Waals surface area contributed by atoms with E-state index in [0.29, 0.717) is 5.95 Å². The highest BCUT2D eigenvalue weighted by atomic mass is 15.1. The lowest BCUT2D eigenvalue weighted by Crippen LogP contribution is -2.15. The van der Waals surface area contributed by atoms with Crippen LogP contribution in [0.3, 0.4) is 0 Å². The number of imidazole rings is 1. The Labute approximate surface area is 66.4 Å². The molecule has 0 saturated heterocycles. The largest absolute Gasteiger partial charge is 0.369 e. The standard InChI is InChI=1S/C7H14N4/c1-11(2)4-3-6-5-9-7(8)10-6/h5H,3-4H2,1-2H3,(H3,8,9,10). The Morgan fingerprint density at radius 3 is 2.82 bits per heavy atom. The highest BCUT2D eigenvalue weighted by molar-refractivity contribution is 5.18. The zero-order valence-electron chi connectivity index (χ0n) is 6.96. The molecular weight excluding hydrogens is 140 g/mol. The van der Waals surface area contributed by atoms with Gasteiger partial charge in [0.25, 0.3) is 0 Å². The number of H-pyrrole nitrogens is 1. The monoisotopic (exact) mass is 154 g/mol. The summed E-state index contributed by atoms with van der Waals surface area (Å²) in [6, 6.07) is 0. The van der Waals surface area contributed by atoms with Crippen LogP contribution in [0.1, 0.15) is 5.69 Å². The topological polar surface area (TPSA) is 57.9 Å². The second-order valence-corrected chi connectivity index (χ2v) is 2.85. The molecule has 3 N–H and O–H groups in total. The van der Waals surface area contributed by atoms with Crippen molar-refractivity contribution in [2.45, 2.75) is 6.42 Å². The van der Waals surface area contributed by atoms with Crippen LogP contribution in [0.4, 0.5) is 5.95 Å². The molecule has 0 radical (unpaired) electrons. The van der Waals surface area contributed by atoms with Gasteiger partial charge in [-0.15, -0.1) is 0 Å². The maximum Gasteiger partial charge on any atom is 0.197 e. The highest BCUT2D eigenvalue weighted by Gasteiger charge is 1.96. The molecule has 0 aliphatic carbocycles. The molecule has 0 aliphatic rings. The van der Waals surface area contributed by atoms with Crippen molar-refractivity contribution in [2.75, 3.05) is 26.4 Å². The van der Waals surface area contributed by atoms with E-state index in [0.717, 1.165) is 18.7 Å². The van der Waals surface area contributed by atoms with E-state index in [1.54, 1.807) is 6.20 Å². The Hall–Kier alpha value is -1.03. The smallest absolute Gasteiger partial charge is 0.197 e. The number of nitrogens with zero attached hydrogens (tertiary/aromatic N) is 2. The van der Waals surface area contributed by atoms with Gasteiger partial charge in [0.2, 0.25) is 0 Å². The molecule has 4 nitrogen and oxygen atoms in total. The number of hydrogen-bond acceptors (Lipinski definition) is 3. The predicted molar refractivity (Wildman–Crippen MR) is 45.3 cm³/mol. The van der Waals surface area contributed by atoms with E-state index in [2.05, 4.69) is 14.9 Å². The van der Waals surface area contributed by atoms with Crippen LogP contribution in [0.5, 0.6) is 0 Å². The lowest BCUT2D eigenvalue weighted by molar-refractivity contribution is 0.412. The molecule has 0 bridgehead atoms. The Balaban J connectivity index is 2.39. The van der Waals surface area contributed by atoms with Gasteiger partial charge in [0.15, 0.2) is 5.95 Å². The van der Waals surface area contributed by atoms with Gasteiger partial charge in [-0.1, -0.05) is 0 Å². The zero-order chi connectivity index (χ0) is 8.27. The molecule has 0 unspecified atom stereocenters. The van der Waals surface area contributed by atoms with E-state index in [1.165, 1.54) is 0 Å². The third-order valence-corrected chi connectivity index (χ3v) is 1.48. The average molecular weight is 154 g/mol. The van der Waals surface area contributed by atoms with Gasteiger partial charge in [-0.25, -0.2) is 4.98 Å². The van der Waals surface area contributed by atoms with Crippen molar-refractivity contribution >= 4 is 5.95 Å². The molecule has 0 fully saturated rings. The van der Waals surface area contributed by atoms with Crippen molar-refractivity contribution in [2.24, 2.45) is 0 Å². The van der Waals surface area contributed by atoms with E-state index in [-0.39, 0.29) is 0 Å². The van der Waals surface area contributed by atoms with Crippen LogP contribution in [0, 0.1) is 0 Å². The number of rotatable bonds is 3. The predicted octanol–water partition coefficient (Wildman–Crippen LogP) is 0.0960. The fourth-order valence-corrected chi connectivity index (χ4v) is 0.848. The SMILES string of the molecule is CN(C)CCc1cnc(N)[nH]1. The van der Waals surface area contributed by atoms with Crippen molar-refractivity contribution < 1.29 is 0 Å². The Morgan fingerprint density at radius 2 is 2.36 bits per heavy atom. The third-order valence-electron chi connectivity index (χ3n) is 1.48. The summed E-state index contributed by atoms with van der Waals surface area (Å²) in [6.45, 7) is 1.02. The van der Waals surface area contributed by atoms with E-state index >= 15 is 0 Å². The van der Waals surface area contributed by atoms with E-state index in [4.69, 9.17) is 5.73 Å². The summed E-state index contributed by atoms with van der Waals surface area (Å²) in [5.41, 5.74) is 6.50.